The summed E-state index contributed by atoms with van der Waals surface area (Å²) in [5, 5.41) is -0.192. The summed E-state index contributed by atoms with van der Waals surface area (Å²) in [4.78, 5) is 13.1. The first kappa shape index (κ1) is 13.8. The van der Waals surface area contributed by atoms with E-state index in [0.29, 0.717) is 12.4 Å². The number of hydrogen-bond donors (Lipinski definition) is 0. The summed E-state index contributed by atoms with van der Waals surface area (Å²) in [5.41, 5.74) is 2.74. The van der Waals surface area contributed by atoms with E-state index >= 15 is 0 Å². The van der Waals surface area contributed by atoms with E-state index in [4.69, 9.17) is 16.3 Å². The maximum absolute atomic E-state index is 6.26. The van der Waals surface area contributed by atoms with E-state index < -0.39 is 0 Å². The number of rotatable bonds is 4. The minimum Gasteiger partial charge on any atom is -0.481 e. The highest BCUT2D eigenvalue weighted by molar-refractivity contribution is 6.20. The molecule has 1 unspecified atom stereocenters. The molecule has 0 radical (unpaired) electrons. The number of ether oxygens (including phenoxy) is 1. The molecule has 0 amide bonds. The normalized spacial score (nSPS) is 12.5. The molecular weight excluding hydrogens is 288 g/mol. The van der Waals surface area contributed by atoms with Crippen LogP contribution in [0, 0.1) is 0 Å². The number of pyridine rings is 2. The molecule has 108 valence electrons. The number of methoxy groups -OCH3 is 1. The molecule has 1 atom stereocenters. The van der Waals surface area contributed by atoms with E-state index in [2.05, 4.69) is 15.0 Å². The largest absolute Gasteiger partial charge is 0.481 e. The molecule has 0 N–H and O–H groups in total. The second-order valence-electron chi connectivity index (χ2n) is 4.72. The van der Waals surface area contributed by atoms with Crippen LogP contribution in [-0.2, 0) is 6.54 Å². The van der Waals surface area contributed by atoms with E-state index in [1.807, 2.05) is 35.8 Å². The molecule has 3 heterocycles. The molecule has 0 aromatic carbocycles. The lowest BCUT2D eigenvalue weighted by Crippen LogP contribution is -2.07. The zero-order valence-corrected chi connectivity index (χ0v) is 12.6. The van der Waals surface area contributed by atoms with Crippen LogP contribution in [0.5, 0.6) is 5.88 Å². The molecule has 6 heteroatoms. The summed E-state index contributed by atoms with van der Waals surface area (Å²) in [7, 11) is 1.60. The standard InChI is InChI=1S/C15H15ClN4O/c1-10(16)14-19-12-4-3-6-18-15(12)20(14)9-11-5-7-17-13(8-11)21-2/h3-8,10H,9H2,1-2H3. The van der Waals surface area contributed by atoms with Gasteiger partial charge < -0.3 is 9.30 Å². The molecule has 0 aliphatic carbocycles. The molecule has 0 aliphatic rings. The van der Waals surface area contributed by atoms with Crippen molar-refractivity contribution < 1.29 is 4.74 Å². The Morgan fingerprint density at radius 1 is 1.29 bits per heavy atom. The highest BCUT2D eigenvalue weighted by Gasteiger charge is 2.16. The number of alkyl halides is 1. The minimum absolute atomic E-state index is 0.192. The molecule has 0 aliphatic heterocycles. The monoisotopic (exact) mass is 302 g/mol. The zero-order chi connectivity index (χ0) is 14.8. The number of aromatic nitrogens is 4. The minimum atomic E-state index is -0.192. The average molecular weight is 303 g/mol. The van der Waals surface area contributed by atoms with Gasteiger partial charge in [0.15, 0.2) is 5.65 Å². The smallest absolute Gasteiger partial charge is 0.213 e. The van der Waals surface area contributed by atoms with E-state index in [9.17, 15) is 0 Å². The van der Waals surface area contributed by atoms with Crippen molar-refractivity contribution in [1.29, 1.82) is 0 Å². The lowest BCUT2D eigenvalue weighted by Gasteiger charge is -2.10. The Balaban J connectivity index is 2.08. The summed E-state index contributed by atoms with van der Waals surface area (Å²) in [6.45, 7) is 2.53. The first-order valence-electron chi connectivity index (χ1n) is 6.63. The number of nitrogens with zero attached hydrogens (tertiary/aromatic N) is 4. The highest BCUT2D eigenvalue weighted by Crippen LogP contribution is 2.24. The average Bonchev–Trinajstić information content (AvgIpc) is 2.87. The van der Waals surface area contributed by atoms with Gasteiger partial charge in [0.2, 0.25) is 5.88 Å². The van der Waals surface area contributed by atoms with Crippen molar-refractivity contribution in [1.82, 2.24) is 19.5 Å². The van der Waals surface area contributed by atoms with Crippen LogP contribution in [0.1, 0.15) is 23.7 Å². The molecule has 0 saturated heterocycles. The van der Waals surface area contributed by atoms with Gasteiger partial charge in [-0.25, -0.2) is 15.0 Å². The Bertz CT molecular complexity index is 769. The molecule has 3 aromatic heterocycles. The molecule has 0 saturated carbocycles. The van der Waals surface area contributed by atoms with Crippen LogP contribution in [0.15, 0.2) is 36.7 Å². The molecule has 5 nitrogen and oxygen atoms in total. The fourth-order valence-electron chi connectivity index (χ4n) is 2.28. The maximum atomic E-state index is 6.26. The van der Waals surface area contributed by atoms with Crippen molar-refractivity contribution in [3.8, 4) is 5.88 Å². The first-order chi connectivity index (χ1) is 10.2. The fourth-order valence-corrected chi connectivity index (χ4v) is 2.45. The van der Waals surface area contributed by atoms with Crippen molar-refractivity contribution in [2.75, 3.05) is 7.11 Å². The molecule has 0 bridgehead atoms. The van der Waals surface area contributed by atoms with Crippen LogP contribution in [0.2, 0.25) is 0 Å². The Hall–Kier alpha value is -2.14. The highest BCUT2D eigenvalue weighted by atomic mass is 35.5. The van der Waals surface area contributed by atoms with Gasteiger partial charge in [0.05, 0.1) is 19.0 Å². The van der Waals surface area contributed by atoms with Crippen molar-refractivity contribution in [2.24, 2.45) is 0 Å². The van der Waals surface area contributed by atoms with Gasteiger partial charge in [0, 0.05) is 18.5 Å². The van der Waals surface area contributed by atoms with Gasteiger partial charge >= 0.3 is 0 Å². The summed E-state index contributed by atoms with van der Waals surface area (Å²) in [6, 6.07) is 7.66. The predicted octanol–water partition coefficient (Wildman–Crippen LogP) is 3.18. The van der Waals surface area contributed by atoms with Gasteiger partial charge in [-0.2, -0.15) is 0 Å². The van der Waals surface area contributed by atoms with Crippen molar-refractivity contribution in [2.45, 2.75) is 18.8 Å². The van der Waals surface area contributed by atoms with Gasteiger partial charge in [0.1, 0.15) is 11.3 Å². The first-order valence-corrected chi connectivity index (χ1v) is 7.07. The van der Waals surface area contributed by atoms with Gasteiger partial charge in [0.25, 0.3) is 0 Å². The van der Waals surface area contributed by atoms with E-state index in [1.54, 1.807) is 19.5 Å². The molecule has 3 rings (SSSR count). The quantitative estimate of drug-likeness (QED) is 0.695. The predicted molar refractivity (Wildman–Crippen MR) is 81.7 cm³/mol. The van der Waals surface area contributed by atoms with Crippen LogP contribution in [0.3, 0.4) is 0 Å². The Kier molecular flexibility index (Phi) is 3.75. The summed E-state index contributed by atoms with van der Waals surface area (Å²) >= 11 is 6.26. The van der Waals surface area contributed by atoms with Gasteiger partial charge in [-0.05, 0) is 30.7 Å². The molecule has 21 heavy (non-hydrogen) atoms. The Morgan fingerprint density at radius 2 is 2.14 bits per heavy atom. The fraction of sp³-hybridized carbons (Fsp3) is 0.267. The van der Waals surface area contributed by atoms with Crippen molar-refractivity contribution in [3.05, 3.63) is 48.0 Å². The van der Waals surface area contributed by atoms with Gasteiger partial charge in [-0.15, -0.1) is 11.6 Å². The topological polar surface area (TPSA) is 52.8 Å². The third-order valence-corrected chi connectivity index (χ3v) is 3.43. The van der Waals surface area contributed by atoms with Gasteiger partial charge in [-0.3, -0.25) is 0 Å². The van der Waals surface area contributed by atoms with Crippen LogP contribution in [0.4, 0.5) is 0 Å². The van der Waals surface area contributed by atoms with Crippen LogP contribution in [0.25, 0.3) is 11.2 Å². The molecule has 0 fully saturated rings. The number of hydrogen-bond acceptors (Lipinski definition) is 4. The molecule has 0 spiro atoms. The van der Waals surface area contributed by atoms with E-state index in [-0.39, 0.29) is 5.38 Å². The third-order valence-electron chi connectivity index (χ3n) is 3.24. The molecular formula is C15H15ClN4O. The molecule has 3 aromatic rings. The van der Waals surface area contributed by atoms with Crippen LogP contribution < -0.4 is 4.74 Å². The zero-order valence-electron chi connectivity index (χ0n) is 11.8. The van der Waals surface area contributed by atoms with E-state index in [1.165, 1.54) is 0 Å². The second-order valence-corrected chi connectivity index (χ2v) is 5.38. The maximum Gasteiger partial charge on any atom is 0.213 e. The third kappa shape index (κ3) is 2.69. The number of fused-ring (bicyclic) bond motifs is 1. The van der Waals surface area contributed by atoms with E-state index in [0.717, 1.165) is 22.6 Å². The lowest BCUT2D eigenvalue weighted by atomic mass is 10.2. The van der Waals surface area contributed by atoms with Crippen molar-refractivity contribution in [3.63, 3.8) is 0 Å². The number of imidazole rings is 1. The van der Waals surface area contributed by atoms with Crippen LogP contribution in [-0.4, -0.2) is 26.6 Å². The lowest BCUT2D eigenvalue weighted by molar-refractivity contribution is 0.397. The summed E-state index contributed by atoms with van der Waals surface area (Å²) < 4.78 is 7.19. The van der Waals surface area contributed by atoms with Crippen LogP contribution >= 0.6 is 11.6 Å². The van der Waals surface area contributed by atoms with Gasteiger partial charge in [-0.1, -0.05) is 0 Å². The SMILES string of the molecule is COc1cc(Cn2c(C(C)Cl)nc3cccnc32)ccn1. The van der Waals surface area contributed by atoms with Crippen molar-refractivity contribution >= 4 is 22.8 Å². The summed E-state index contributed by atoms with van der Waals surface area (Å²) in [6.07, 6.45) is 3.49. The summed E-state index contributed by atoms with van der Waals surface area (Å²) in [5.74, 6) is 1.39. The Labute approximate surface area is 127 Å². The number of halogens is 1. The Morgan fingerprint density at radius 3 is 2.90 bits per heavy atom. The second kappa shape index (κ2) is 5.69.